The van der Waals surface area contributed by atoms with Gasteiger partial charge in [-0.2, -0.15) is 5.26 Å². The first-order chi connectivity index (χ1) is 12.6. The predicted molar refractivity (Wildman–Crippen MR) is 101 cm³/mol. The Bertz CT molecular complexity index is 851. The van der Waals surface area contributed by atoms with Gasteiger partial charge in [0.25, 0.3) is 5.69 Å². The Kier molecular flexibility index (Phi) is 5.49. The summed E-state index contributed by atoms with van der Waals surface area (Å²) >= 11 is 0. The van der Waals surface area contributed by atoms with Crippen LogP contribution in [0.3, 0.4) is 0 Å². The highest BCUT2D eigenvalue weighted by Gasteiger charge is 2.17. The maximum absolute atomic E-state index is 11.2. The van der Waals surface area contributed by atoms with Crippen LogP contribution in [0.4, 0.5) is 11.4 Å². The molecule has 6 nitrogen and oxygen atoms in total. The zero-order valence-electron chi connectivity index (χ0n) is 14.9. The van der Waals surface area contributed by atoms with E-state index in [1.54, 1.807) is 13.0 Å². The highest BCUT2D eigenvalue weighted by Crippen LogP contribution is 2.28. The van der Waals surface area contributed by atoms with E-state index in [0.717, 1.165) is 19.6 Å². The summed E-state index contributed by atoms with van der Waals surface area (Å²) < 4.78 is 0. The molecule has 3 rings (SSSR count). The maximum atomic E-state index is 11.2. The second-order valence-electron chi connectivity index (χ2n) is 6.64. The summed E-state index contributed by atoms with van der Waals surface area (Å²) in [6.07, 6.45) is 2.51. The van der Waals surface area contributed by atoms with Crippen molar-refractivity contribution in [2.45, 2.75) is 32.9 Å². The SMILES string of the molecule is Cc1c(NCc2ccccc2CN2CCCC2)cc(C#N)cc1[N+](=O)[O-]. The lowest BCUT2D eigenvalue weighted by Gasteiger charge is -2.18. The van der Waals surface area contributed by atoms with Gasteiger partial charge in [-0.25, -0.2) is 0 Å². The molecule has 1 saturated heterocycles. The van der Waals surface area contributed by atoms with E-state index in [2.05, 4.69) is 22.3 Å². The first kappa shape index (κ1) is 17.9. The van der Waals surface area contributed by atoms with E-state index in [-0.39, 0.29) is 11.3 Å². The van der Waals surface area contributed by atoms with Crippen molar-refractivity contribution in [1.29, 1.82) is 5.26 Å². The van der Waals surface area contributed by atoms with E-state index in [1.807, 2.05) is 18.2 Å². The standard InChI is InChI=1S/C20H22N4O2/c1-15-19(10-16(12-21)11-20(15)24(25)26)22-13-17-6-2-3-7-18(17)14-23-8-4-5-9-23/h2-3,6-7,10-11,22H,4-5,8-9,13-14H2,1H3. The van der Waals surface area contributed by atoms with Gasteiger partial charge >= 0.3 is 0 Å². The van der Waals surface area contributed by atoms with Gasteiger partial charge in [-0.15, -0.1) is 0 Å². The molecule has 0 amide bonds. The van der Waals surface area contributed by atoms with Gasteiger partial charge in [0.05, 0.1) is 16.6 Å². The number of rotatable bonds is 6. The first-order valence-electron chi connectivity index (χ1n) is 8.80. The Morgan fingerprint density at radius 2 is 1.92 bits per heavy atom. The van der Waals surface area contributed by atoms with Crippen LogP contribution in [0.15, 0.2) is 36.4 Å². The van der Waals surface area contributed by atoms with Crippen molar-refractivity contribution >= 4 is 11.4 Å². The van der Waals surface area contributed by atoms with Gasteiger partial charge in [-0.05, 0) is 50.0 Å². The van der Waals surface area contributed by atoms with Crippen LogP contribution in [0.2, 0.25) is 0 Å². The number of hydrogen-bond acceptors (Lipinski definition) is 5. The molecule has 0 saturated carbocycles. The molecule has 0 unspecified atom stereocenters. The highest BCUT2D eigenvalue weighted by molar-refractivity contribution is 5.64. The molecule has 0 aliphatic carbocycles. The number of nitro groups is 1. The molecule has 1 N–H and O–H groups in total. The Balaban J connectivity index is 1.80. The lowest BCUT2D eigenvalue weighted by molar-refractivity contribution is -0.385. The van der Waals surface area contributed by atoms with Crippen molar-refractivity contribution in [2.24, 2.45) is 0 Å². The van der Waals surface area contributed by atoms with Gasteiger partial charge in [-0.3, -0.25) is 15.0 Å². The monoisotopic (exact) mass is 350 g/mol. The van der Waals surface area contributed by atoms with Crippen molar-refractivity contribution < 1.29 is 4.92 Å². The van der Waals surface area contributed by atoms with Crippen LogP contribution in [0, 0.1) is 28.4 Å². The fourth-order valence-corrected chi connectivity index (χ4v) is 3.39. The van der Waals surface area contributed by atoms with Gasteiger partial charge in [0.1, 0.15) is 0 Å². The quantitative estimate of drug-likeness (QED) is 0.629. The molecule has 0 aromatic heterocycles. The molecule has 0 radical (unpaired) electrons. The smallest absolute Gasteiger partial charge is 0.275 e. The summed E-state index contributed by atoms with van der Waals surface area (Å²) in [5.41, 5.74) is 3.87. The Morgan fingerprint density at radius 1 is 1.23 bits per heavy atom. The number of nitro benzene ring substituents is 1. The number of hydrogen-bond donors (Lipinski definition) is 1. The molecule has 2 aromatic rings. The Morgan fingerprint density at radius 3 is 2.58 bits per heavy atom. The molecular formula is C20H22N4O2. The van der Waals surface area contributed by atoms with E-state index in [1.165, 1.54) is 30.0 Å². The van der Waals surface area contributed by atoms with Crippen LogP contribution in [-0.2, 0) is 13.1 Å². The fraction of sp³-hybridized carbons (Fsp3) is 0.350. The highest BCUT2D eigenvalue weighted by atomic mass is 16.6. The number of likely N-dealkylation sites (tertiary alicyclic amines) is 1. The van der Waals surface area contributed by atoms with Gasteiger partial charge < -0.3 is 5.32 Å². The molecule has 2 aromatic carbocycles. The molecule has 26 heavy (non-hydrogen) atoms. The van der Waals surface area contributed by atoms with Gasteiger partial charge in [0.2, 0.25) is 0 Å². The van der Waals surface area contributed by atoms with Crippen LogP contribution in [0.25, 0.3) is 0 Å². The molecule has 6 heteroatoms. The van der Waals surface area contributed by atoms with E-state index in [4.69, 9.17) is 5.26 Å². The van der Waals surface area contributed by atoms with Crippen LogP contribution in [-0.4, -0.2) is 22.9 Å². The summed E-state index contributed by atoms with van der Waals surface area (Å²) in [7, 11) is 0. The minimum atomic E-state index is -0.442. The first-order valence-corrected chi connectivity index (χ1v) is 8.80. The van der Waals surface area contributed by atoms with Gasteiger partial charge in [0.15, 0.2) is 0 Å². The largest absolute Gasteiger partial charge is 0.380 e. The van der Waals surface area contributed by atoms with E-state index in [9.17, 15) is 10.1 Å². The van der Waals surface area contributed by atoms with Crippen molar-refractivity contribution in [2.75, 3.05) is 18.4 Å². The van der Waals surface area contributed by atoms with E-state index < -0.39 is 4.92 Å². The molecular weight excluding hydrogens is 328 g/mol. The average Bonchev–Trinajstić information content (AvgIpc) is 3.14. The third-order valence-electron chi connectivity index (χ3n) is 4.89. The van der Waals surface area contributed by atoms with Gasteiger partial charge in [0, 0.05) is 30.4 Å². The fourth-order valence-electron chi connectivity index (χ4n) is 3.39. The number of nitriles is 1. The summed E-state index contributed by atoms with van der Waals surface area (Å²) in [4.78, 5) is 13.2. The third kappa shape index (κ3) is 4.01. The molecule has 1 fully saturated rings. The molecule has 134 valence electrons. The second kappa shape index (κ2) is 7.98. The van der Waals surface area contributed by atoms with Crippen LogP contribution in [0.1, 0.15) is 35.1 Å². The Hall–Kier alpha value is -2.91. The zero-order valence-corrected chi connectivity index (χ0v) is 14.9. The molecule has 1 heterocycles. The number of nitrogens with one attached hydrogen (secondary N) is 1. The normalized spacial score (nSPS) is 14.2. The molecule has 0 atom stereocenters. The van der Waals surface area contributed by atoms with Crippen molar-refractivity contribution in [3.05, 3.63) is 68.8 Å². The lowest BCUT2D eigenvalue weighted by Crippen LogP contribution is -2.19. The summed E-state index contributed by atoms with van der Waals surface area (Å²) in [5.74, 6) is 0. The minimum Gasteiger partial charge on any atom is -0.380 e. The van der Waals surface area contributed by atoms with Gasteiger partial charge in [-0.1, -0.05) is 24.3 Å². The second-order valence-corrected chi connectivity index (χ2v) is 6.64. The average molecular weight is 350 g/mol. The zero-order chi connectivity index (χ0) is 18.5. The minimum absolute atomic E-state index is 0.0306. The molecule has 1 aliphatic heterocycles. The van der Waals surface area contributed by atoms with Crippen LogP contribution >= 0.6 is 0 Å². The topological polar surface area (TPSA) is 82.2 Å². The molecule has 0 bridgehead atoms. The predicted octanol–water partition coefficient (Wildman–Crippen LogP) is 3.98. The Labute approximate surface area is 153 Å². The number of anilines is 1. The summed E-state index contributed by atoms with van der Waals surface area (Å²) in [6, 6.07) is 13.3. The lowest BCUT2D eigenvalue weighted by atomic mass is 10.1. The number of benzene rings is 2. The third-order valence-corrected chi connectivity index (χ3v) is 4.89. The van der Waals surface area contributed by atoms with E-state index >= 15 is 0 Å². The van der Waals surface area contributed by atoms with Crippen LogP contribution < -0.4 is 5.32 Å². The summed E-state index contributed by atoms with van der Waals surface area (Å²) in [5, 5.41) is 23.7. The maximum Gasteiger partial charge on any atom is 0.275 e. The molecule has 0 spiro atoms. The number of nitrogens with zero attached hydrogens (tertiary/aromatic N) is 3. The van der Waals surface area contributed by atoms with Crippen molar-refractivity contribution in [3.8, 4) is 6.07 Å². The van der Waals surface area contributed by atoms with Crippen molar-refractivity contribution in [1.82, 2.24) is 4.90 Å². The molecule has 1 aliphatic rings. The summed E-state index contributed by atoms with van der Waals surface area (Å²) in [6.45, 7) is 5.47. The van der Waals surface area contributed by atoms with Crippen LogP contribution in [0.5, 0.6) is 0 Å². The van der Waals surface area contributed by atoms with E-state index in [0.29, 0.717) is 17.8 Å². The van der Waals surface area contributed by atoms with Crippen molar-refractivity contribution in [3.63, 3.8) is 0 Å².